The molecule has 7 nitrogen and oxygen atoms in total. The van der Waals surface area contributed by atoms with Crippen LogP contribution < -0.4 is 10.1 Å². The molecule has 1 saturated carbocycles. The molecule has 29 heavy (non-hydrogen) atoms. The number of anilines is 1. The monoisotopic (exact) mass is 394 g/mol. The smallest absolute Gasteiger partial charge is 0.229 e. The van der Waals surface area contributed by atoms with Gasteiger partial charge in [-0.05, 0) is 44.4 Å². The fourth-order valence-corrected chi connectivity index (χ4v) is 3.79. The number of rotatable bonds is 7. The molecular formula is C22H26N4O3. The van der Waals surface area contributed by atoms with E-state index in [9.17, 15) is 4.79 Å². The van der Waals surface area contributed by atoms with Crippen molar-refractivity contribution in [2.24, 2.45) is 0 Å². The van der Waals surface area contributed by atoms with E-state index in [2.05, 4.69) is 15.6 Å². The van der Waals surface area contributed by atoms with E-state index >= 15 is 0 Å². The Morgan fingerprint density at radius 2 is 1.97 bits per heavy atom. The normalized spacial score (nSPS) is 14.3. The van der Waals surface area contributed by atoms with E-state index in [4.69, 9.17) is 9.26 Å². The van der Waals surface area contributed by atoms with Crippen molar-refractivity contribution in [1.82, 2.24) is 14.9 Å². The minimum absolute atomic E-state index is 0.0471. The summed E-state index contributed by atoms with van der Waals surface area (Å²) in [4.78, 5) is 12.5. The number of aromatic nitrogens is 3. The highest BCUT2D eigenvalue weighted by atomic mass is 16.5. The molecular weight excluding hydrogens is 368 g/mol. The minimum atomic E-state index is -0.0471. The van der Waals surface area contributed by atoms with Gasteiger partial charge in [-0.3, -0.25) is 4.79 Å². The molecule has 3 aromatic rings. The first-order chi connectivity index (χ1) is 14.1. The lowest BCUT2D eigenvalue weighted by Crippen LogP contribution is -2.19. The highest BCUT2D eigenvalue weighted by Gasteiger charge is 2.20. The number of benzene rings is 1. The zero-order chi connectivity index (χ0) is 20.2. The highest BCUT2D eigenvalue weighted by Crippen LogP contribution is 2.31. The van der Waals surface area contributed by atoms with Gasteiger partial charge in [-0.15, -0.1) is 0 Å². The number of nitrogens with zero attached hydrogens (tertiary/aromatic N) is 3. The van der Waals surface area contributed by atoms with Gasteiger partial charge in [0.25, 0.3) is 0 Å². The largest absolute Gasteiger partial charge is 0.489 e. The van der Waals surface area contributed by atoms with Crippen LogP contribution in [0.1, 0.15) is 54.3 Å². The molecule has 1 aromatic carbocycles. The third-order valence-corrected chi connectivity index (χ3v) is 5.46. The maximum absolute atomic E-state index is 12.5. The van der Waals surface area contributed by atoms with Crippen molar-refractivity contribution in [1.29, 1.82) is 0 Å². The number of carbonyl (C=O) groups excluding carboxylic acids is 1. The Morgan fingerprint density at radius 3 is 2.66 bits per heavy atom. The van der Waals surface area contributed by atoms with E-state index in [1.54, 1.807) is 6.20 Å². The van der Waals surface area contributed by atoms with E-state index in [-0.39, 0.29) is 5.91 Å². The van der Waals surface area contributed by atoms with Gasteiger partial charge in [-0.2, -0.15) is 5.10 Å². The maximum atomic E-state index is 12.5. The summed E-state index contributed by atoms with van der Waals surface area (Å²) in [5.74, 6) is 2.25. The molecule has 1 aliphatic carbocycles. The van der Waals surface area contributed by atoms with Crippen LogP contribution in [0.15, 0.2) is 41.1 Å². The summed E-state index contributed by atoms with van der Waals surface area (Å²) in [5.41, 5.74) is 2.74. The van der Waals surface area contributed by atoms with Gasteiger partial charge in [0, 0.05) is 6.07 Å². The van der Waals surface area contributed by atoms with Crippen LogP contribution in [0.5, 0.6) is 5.75 Å². The van der Waals surface area contributed by atoms with E-state index in [0.717, 1.165) is 47.0 Å². The summed E-state index contributed by atoms with van der Waals surface area (Å²) in [5, 5.41) is 11.3. The van der Waals surface area contributed by atoms with Gasteiger partial charge in [0.15, 0.2) is 0 Å². The molecule has 152 valence electrons. The van der Waals surface area contributed by atoms with E-state index < -0.39 is 0 Å². The summed E-state index contributed by atoms with van der Waals surface area (Å²) in [6.45, 7) is 4.18. The second kappa shape index (κ2) is 8.51. The molecule has 0 bridgehead atoms. The van der Waals surface area contributed by atoms with Crippen LogP contribution in [0.4, 0.5) is 5.82 Å². The lowest BCUT2D eigenvalue weighted by Gasteiger charge is -2.14. The number of nitrogens with one attached hydrogen (secondary N) is 1. The second-order valence-electron chi connectivity index (χ2n) is 7.56. The Hall–Kier alpha value is -3.09. The standard InChI is InChI=1S/C22H26N4O3/c1-15-20(16(2)29-25-15)14-28-19-9-7-17(8-10-19)13-22(27)24-21-11-12-23-26(21)18-5-3-4-6-18/h7-12,18H,3-6,13-14H2,1-2H3,(H,24,27). The number of carbonyl (C=O) groups is 1. The molecule has 4 rings (SSSR count). The Labute approximate surface area is 170 Å². The highest BCUT2D eigenvalue weighted by molar-refractivity contribution is 5.91. The van der Waals surface area contributed by atoms with Crippen LogP contribution in [0.3, 0.4) is 0 Å². The van der Waals surface area contributed by atoms with Crippen LogP contribution in [0.2, 0.25) is 0 Å². The number of hydrogen-bond acceptors (Lipinski definition) is 5. The molecule has 0 spiro atoms. The van der Waals surface area contributed by atoms with Crippen LogP contribution in [0.25, 0.3) is 0 Å². The van der Waals surface area contributed by atoms with Gasteiger partial charge in [-0.25, -0.2) is 4.68 Å². The van der Waals surface area contributed by atoms with Gasteiger partial charge in [0.05, 0.1) is 29.9 Å². The molecule has 1 N–H and O–H groups in total. The lowest BCUT2D eigenvalue weighted by molar-refractivity contribution is -0.115. The fraction of sp³-hybridized carbons (Fsp3) is 0.409. The summed E-state index contributed by atoms with van der Waals surface area (Å²) >= 11 is 0. The first-order valence-corrected chi connectivity index (χ1v) is 10.1. The molecule has 7 heteroatoms. The molecule has 2 heterocycles. The SMILES string of the molecule is Cc1noc(C)c1COc1ccc(CC(=O)Nc2ccnn2C2CCCC2)cc1. The lowest BCUT2D eigenvalue weighted by atomic mass is 10.1. The van der Waals surface area contributed by atoms with Crippen LogP contribution >= 0.6 is 0 Å². The summed E-state index contributed by atoms with van der Waals surface area (Å²) in [7, 11) is 0. The van der Waals surface area contributed by atoms with Crippen molar-refractivity contribution in [3.05, 3.63) is 59.1 Å². The average Bonchev–Trinajstić information content (AvgIpc) is 3.44. The van der Waals surface area contributed by atoms with Gasteiger partial charge in [0.2, 0.25) is 5.91 Å². The van der Waals surface area contributed by atoms with Gasteiger partial charge >= 0.3 is 0 Å². The van der Waals surface area contributed by atoms with E-state index in [0.29, 0.717) is 19.1 Å². The van der Waals surface area contributed by atoms with Crippen LogP contribution in [0, 0.1) is 13.8 Å². The zero-order valence-corrected chi connectivity index (χ0v) is 16.9. The summed E-state index contributed by atoms with van der Waals surface area (Å²) in [6.07, 6.45) is 6.75. The molecule has 1 fully saturated rings. The number of ether oxygens (including phenoxy) is 1. The van der Waals surface area contributed by atoms with E-state index in [1.165, 1.54) is 12.8 Å². The zero-order valence-electron chi connectivity index (χ0n) is 16.9. The van der Waals surface area contributed by atoms with Crippen molar-refractivity contribution in [3.63, 3.8) is 0 Å². The molecule has 0 atom stereocenters. The maximum Gasteiger partial charge on any atom is 0.229 e. The van der Waals surface area contributed by atoms with Crippen molar-refractivity contribution in [2.45, 2.75) is 58.6 Å². The van der Waals surface area contributed by atoms with Crippen LogP contribution in [-0.4, -0.2) is 20.8 Å². The molecule has 0 radical (unpaired) electrons. The van der Waals surface area contributed by atoms with Crippen molar-refractivity contribution < 1.29 is 14.1 Å². The second-order valence-corrected chi connectivity index (χ2v) is 7.56. The summed E-state index contributed by atoms with van der Waals surface area (Å²) in [6, 6.07) is 9.84. The number of aryl methyl sites for hydroxylation is 2. The van der Waals surface area contributed by atoms with Crippen LogP contribution in [-0.2, 0) is 17.8 Å². The average molecular weight is 394 g/mol. The van der Waals surface area contributed by atoms with Crippen molar-refractivity contribution >= 4 is 11.7 Å². The molecule has 0 aliphatic heterocycles. The predicted molar refractivity (Wildman–Crippen MR) is 109 cm³/mol. The molecule has 1 aliphatic rings. The molecule has 1 amide bonds. The van der Waals surface area contributed by atoms with E-state index in [1.807, 2.05) is 48.9 Å². The van der Waals surface area contributed by atoms with Crippen molar-refractivity contribution in [3.8, 4) is 5.75 Å². The number of amides is 1. The Bertz CT molecular complexity index is 949. The van der Waals surface area contributed by atoms with Gasteiger partial charge in [-0.1, -0.05) is 30.1 Å². The quantitative estimate of drug-likeness (QED) is 0.644. The first kappa shape index (κ1) is 19.2. The third-order valence-electron chi connectivity index (χ3n) is 5.46. The summed E-state index contributed by atoms with van der Waals surface area (Å²) < 4.78 is 12.9. The topological polar surface area (TPSA) is 82.2 Å². The molecule has 0 unspecified atom stereocenters. The fourth-order valence-electron chi connectivity index (χ4n) is 3.79. The van der Waals surface area contributed by atoms with Crippen molar-refractivity contribution in [2.75, 3.05) is 5.32 Å². The number of hydrogen-bond donors (Lipinski definition) is 1. The predicted octanol–water partition coefficient (Wildman–Crippen LogP) is 4.36. The molecule has 0 saturated heterocycles. The van der Waals surface area contributed by atoms with Gasteiger partial charge < -0.3 is 14.6 Å². The Kier molecular flexibility index (Phi) is 5.64. The third kappa shape index (κ3) is 4.50. The minimum Gasteiger partial charge on any atom is -0.489 e. The Balaban J connectivity index is 1.32. The molecule has 2 aromatic heterocycles. The first-order valence-electron chi connectivity index (χ1n) is 10.1. The Morgan fingerprint density at radius 1 is 1.21 bits per heavy atom. The van der Waals surface area contributed by atoms with Gasteiger partial charge in [0.1, 0.15) is 23.9 Å².